The molecule has 3 nitrogen and oxygen atoms in total. The first-order valence-electron chi connectivity index (χ1n) is 5.42. The van der Waals surface area contributed by atoms with Crippen LogP contribution in [0, 0.1) is 5.82 Å². The zero-order chi connectivity index (χ0) is 12.6. The van der Waals surface area contributed by atoms with Gasteiger partial charge in [-0.15, -0.1) is 0 Å². The summed E-state index contributed by atoms with van der Waals surface area (Å²) in [6, 6.07) is 4.34. The highest BCUT2D eigenvalue weighted by molar-refractivity contribution is 9.10. The second-order valence-corrected chi connectivity index (χ2v) is 5.28. The third-order valence-corrected chi connectivity index (χ3v) is 3.57. The van der Waals surface area contributed by atoms with Gasteiger partial charge in [0, 0.05) is 4.47 Å². The van der Waals surface area contributed by atoms with E-state index in [1.807, 2.05) is 6.92 Å². The van der Waals surface area contributed by atoms with Crippen LogP contribution in [0.2, 0.25) is 0 Å². The van der Waals surface area contributed by atoms with Crippen molar-refractivity contribution in [3.8, 4) is 0 Å². The molecule has 17 heavy (non-hydrogen) atoms. The Balaban J connectivity index is 2.12. The molecule has 0 spiro atoms. The summed E-state index contributed by atoms with van der Waals surface area (Å²) in [7, 11) is 0. The Hall–Kier alpha value is -0.940. The van der Waals surface area contributed by atoms with E-state index in [1.165, 1.54) is 17.0 Å². The van der Waals surface area contributed by atoms with Gasteiger partial charge in [0.15, 0.2) is 0 Å². The number of halogens is 2. The first kappa shape index (κ1) is 12.5. The number of rotatable bonds is 2. The summed E-state index contributed by atoms with van der Waals surface area (Å²) in [5.74, 6) is -0.913. The molecule has 1 N–H and O–H groups in total. The summed E-state index contributed by atoms with van der Waals surface area (Å²) in [4.78, 5) is 13.4. The molecule has 1 aliphatic rings. The Morgan fingerprint density at radius 3 is 2.76 bits per heavy atom. The van der Waals surface area contributed by atoms with E-state index in [0.29, 0.717) is 10.9 Å². The maximum absolute atomic E-state index is 13.6. The van der Waals surface area contributed by atoms with Gasteiger partial charge in [0.2, 0.25) is 0 Å². The molecule has 1 aromatic carbocycles. The molecule has 1 aromatic rings. The summed E-state index contributed by atoms with van der Waals surface area (Å²) in [5, 5.41) is 9.80. The first-order valence-corrected chi connectivity index (χ1v) is 6.21. The minimum atomic E-state index is -0.790. The Bertz CT molecular complexity index is 458. The molecule has 0 aromatic heterocycles. The van der Waals surface area contributed by atoms with Crippen LogP contribution < -0.4 is 0 Å². The van der Waals surface area contributed by atoms with E-state index >= 15 is 0 Å². The average molecular weight is 302 g/mol. The minimum Gasteiger partial charge on any atom is -0.386 e. The van der Waals surface area contributed by atoms with Gasteiger partial charge in [-0.2, -0.15) is 0 Å². The summed E-state index contributed by atoms with van der Waals surface area (Å²) in [5.41, 5.74) is -0.743. The van der Waals surface area contributed by atoms with E-state index in [-0.39, 0.29) is 24.6 Å². The van der Waals surface area contributed by atoms with Gasteiger partial charge in [0.05, 0.1) is 24.3 Å². The molecule has 0 saturated carbocycles. The van der Waals surface area contributed by atoms with Gasteiger partial charge in [-0.25, -0.2) is 4.39 Å². The Kier molecular flexibility index (Phi) is 3.23. The lowest BCUT2D eigenvalue weighted by atomic mass is 9.90. The quantitative estimate of drug-likeness (QED) is 0.910. The van der Waals surface area contributed by atoms with E-state index in [9.17, 15) is 14.3 Å². The molecule has 1 heterocycles. The second kappa shape index (κ2) is 4.38. The number of carbonyl (C=O) groups excluding carboxylic acids is 1. The molecular formula is C12H13BrFNO2. The van der Waals surface area contributed by atoms with Gasteiger partial charge < -0.3 is 10.0 Å². The lowest BCUT2D eigenvalue weighted by molar-refractivity contribution is -0.0827. The number of carbonyl (C=O) groups is 1. The predicted molar refractivity (Wildman–Crippen MR) is 65.2 cm³/mol. The van der Waals surface area contributed by atoms with Crippen LogP contribution in [0.5, 0.6) is 0 Å². The lowest BCUT2D eigenvalue weighted by Crippen LogP contribution is -2.63. The van der Waals surface area contributed by atoms with E-state index in [4.69, 9.17) is 0 Å². The van der Waals surface area contributed by atoms with Gasteiger partial charge in [-0.3, -0.25) is 4.79 Å². The maximum atomic E-state index is 13.6. The number of β-amino-alcohol motifs (C(OH)–C–C–N with tert-alkyl or cyclic N) is 1. The molecule has 2 rings (SSSR count). The predicted octanol–water partition coefficient (Wildman–Crippen LogP) is 2.19. The third-order valence-electron chi connectivity index (χ3n) is 3.08. The first-order chi connectivity index (χ1) is 7.95. The fourth-order valence-corrected chi connectivity index (χ4v) is 2.20. The third kappa shape index (κ3) is 2.35. The number of aliphatic hydroxyl groups is 1. The Morgan fingerprint density at radius 2 is 2.24 bits per heavy atom. The molecule has 0 radical (unpaired) electrons. The van der Waals surface area contributed by atoms with Gasteiger partial charge in [0.25, 0.3) is 5.91 Å². The van der Waals surface area contributed by atoms with Gasteiger partial charge in [0.1, 0.15) is 5.82 Å². The summed E-state index contributed by atoms with van der Waals surface area (Å²) >= 11 is 3.14. The van der Waals surface area contributed by atoms with Crippen LogP contribution in [-0.4, -0.2) is 34.6 Å². The Morgan fingerprint density at radius 1 is 1.59 bits per heavy atom. The standard InChI is InChI=1S/C12H13BrFNO2/c1-2-12(17)6-15(7-12)11(16)9-4-3-8(13)5-10(9)14/h3-5,17H,2,6-7H2,1H3. The molecule has 0 bridgehead atoms. The molecular weight excluding hydrogens is 289 g/mol. The second-order valence-electron chi connectivity index (χ2n) is 4.36. The number of nitrogens with zero attached hydrogens (tertiary/aromatic N) is 1. The minimum absolute atomic E-state index is 0.0475. The monoisotopic (exact) mass is 301 g/mol. The van der Waals surface area contributed by atoms with Crippen molar-refractivity contribution in [3.63, 3.8) is 0 Å². The van der Waals surface area contributed by atoms with E-state index < -0.39 is 11.4 Å². The number of hydrogen-bond acceptors (Lipinski definition) is 2. The largest absolute Gasteiger partial charge is 0.386 e. The average Bonchev–Trinajstić information content (AvgIpc) is 2.24. The summed E-state index contributed by atoms with van der Waals surface area (Å²) < 4.78 is 14.2. The molecule has 0 aliphatic carbocycles. The molecule has 5 heteroatoms. The van der Waals surface area contributed by atoms with Crippen LogP contribution in [0.25, 0.3) is 0 Å². The van der Waals surface area contributed by atoms with Crippen LogP contribution >= 0.6 is 15.9 Å². The number of amides is 1. The fourth-order valence-electron chi connectivity index (χ4n) is 1.86. The van der Waals surface area contributed by atoms with Crippen molar-refractivity contribution in [1.82, 2.24) is 4.90 Å². The van der Waals surface area contributed by atoms with Crippen molar-refractivity contribution in [3.05, 3.63) is 34.1 Å². The molecule has 1 amide bonds. The van der Waals surface area contributed by atoms with Crippen LogP contribution in [0.4, 0.5) is 4.39 Å². The van der Waals surface area contributed by atoms with Crippen LogP contribution in [0.15, 0.2) is 22.7 Å². The number of likely N-dealkylation sites (tertiary alicyclic amines) is 1. The van der Waals surface area contributed by atoms with Crippen molar-refractivity contribution >= 4 is 21.8 Å². The zero-order valence-corrected chi connectivity index (χ0v) is 11.0. The fraction of sp³-hybridized carbons (Fsp3) is 0.417. The SMILES string of the molecule is CCC1(O)CN(C(=O)c2ccc(Br)cc2F)C1. The molecule has 0 unspecified atom stereocenters. The normalized spacial score (nSPS) is 17.8. The van der Waals surface area contributed by atoms with Gasteiger partial charge in [-0.1, -0.05) is 22.9 Å². The van der Waals surface area contributed by atoms with Crippen molar-refractivity contribution in [2.45, 2.75) is 18.9 Å². The van der Waals surface area contributed by atoms with Crippen LogP contribution in [0.3, 0.4) is 0 Å². The van der Waals surface area contributed by atoms with Crippen LogP contribution in [-0.2, 0) is 0 Å². The summed E-state index contributed by atoms with van der Waals surface area (Å²) in [6.07, 6.45) is 0.597. The molecule has 92 valence electrons. The zero-order valence-electron chi connectivity index (χ0n) is 9.41. The maximum Gasteiger partial charge on any atom is 0.257 e. The number of hydrogen-bond donors (Lipinski definition) is 1. The highest BCUT2D eigenvalue weighted by Gasteiger charge is 2.42. The smallest absolute Gasteiger partial charge is 0.257 e. The summed E-state index contributed by atoms with van der Waals surface area (Å²) in [6.45, 7) is 2.41. The van der Waals surface area contributed by atoms with Crippen molar-refractivity contribution in [2.24, 2.45) is 0 Å². The molecule has 1 saturated heterocycles. The van der Waals surface area contributed by atoms with Gasteiger partial charge >= 0.3 is 0 Å². The molecule has 1 fully saturated rings. The van der Waals surface area contributed by atoms with E-state index in [2.05, 4.69) is 15.9 Å². The van der Waals surface area contributed by atoms with Crippen molar-refractivity contribution < 1.29 is 14.3 Å². The topological polar surface area (TPSA) is 40.5 Å². The van der Waals surface area contributed by atoms with Gasteiger partial charge in [-0.05, 0) is 24.6 Å². The van der Waals surface area contributed by atoms with E-state index in [1.54, 1.807) is 6.07 Å². The van der Waals surface area contributed by atoms with Crippen molar-refractivity contribution in [1.29, 1.82) is 0 Å². The van der Waals surface area contributed by atoms with Crippen LogP contribution in [0.1, 0.15) is 23.7 Å². The Labute approximate surface area is 107 Å². The number of benzene rings is 1. The lowest BCUT2D eigenvalue weighted by Gasteiger charge is -2.46. The molecule has 1 aliphatic heterocycles. The molecule has 0 atom stereocenters. The van der Waals surface area contributed by atoms with Crippen molar-refractivity contribution in [2.75, 3.05) is 13.1 Å². The van der Waals surface area contributed by atoms with E-state index in [0.717, 1.165) is 0 Å². The highest BCUT2D eigenvalue weighted by atomic mass is 79.9. The highest BCUT2D eigenvalue weighted by Crippen LogP contribution is 2.27.